The average molecular weight is 277 g/mol. The van der Waals surface area contributed by atoms with Crippen LogP contribution in [-0.2, 0) is 0 Å². The minimum Gasteiger partial charge on any atom is -0.306 e. The van der Waals surface area contributed by atoms with Crippen molar-refractivity contribution in [1.82, 2.24) is 5.32 Å². The zero-order valence-electron chi connectivity index (χ0n) is 11.7. The predicted molar refractivity (Wildman–Crippen MR) is 80.3 cm³/mol. The topological polar surface area (TPSA) is 12.0 Å². The summed E-state index contributed by atoms with van der Waals surface area (Å²) in [5.41, 5.74) is 2.96. The molecule has 0 aliphatic carbocycles. The molecule has 1 atom stereocenters. The van der Waals surface area contributed by atoms with Gasteiger partial charge in [-0.15, -0.1) is 11.3 Å². The molecule has 0 amide bonds. The lowest BCUT2D eigenvalue weighted by Crippen LogP contribution is -2.23. The monoisotopic (exact) mass is 277 g/mol. The van der Waals surface area contributed by atoms with Crippen LogP contribution in [0.3, 0.4) is 0 Å². The van der Waals surface area contributed by atoms with Gasteiger partial charge in [-0.05, 0) is 61.0 Å². The first-order chi connectivity index (χ1) is 9.13. The number of aryl methyl sites for hydroxylation is 2. The van der Waals surface area contributed by atoms with E-state index < -0.39 is 0 Å². The molecule has 0 saturated heterocycles. The second-order valence-corrected chi connectivity index (χ2v) is 5.81. The van der Waals surface area contributed by atoms with Crippen LogP contribution in [0.15, 0.2) is 29.6 Å². The van der Waals surface area contributed by atoms with Crippen LogP contribution < -0.4 is 5.32 Å². The Hall–Kier alpha value is -1.19. The van der Waals surface area contributed by atoms with Crippen molar-refractivity contribution in [2.24, 2.45) is 0 Å². The van der Waals surface area contributed by atoms with Gasteiger partial charge in [0.2, 0.25) is 0 Å². The first-order valence-electron chi connectivity index (χ1n) is 6.67. The first kappa shape index (κ1) is 14.2. The maximum absolute atomic E-state index is 13.8. The molecule has 0 aliphatic rings. The van der Waals surface area contributed by atoms with Gasteiger partial charge < -0.3 is 5.32 Å². The molecule has 2 aromatic rings. The van der Waals surface area contributed by atoms with Crippen LogP contribution in [0.2, 0.25) is 0 Å². The fourth-order valence-corrected chi connectivity index (χ4v) is 3.15. The fourth-order valence-electron chi connectivity index (χ4n) is 2.12. The largest absolute Gasteiger partial charge is 0.306 e. The van der Waals surface area contributed by atoms with Crippen molar-refractivity contribution in [1.29, 1.82) is 0 Å². The summed E-state index contributed by atoms with van der Waals surface area (Å²) >= 11 is 1.73. The molecule has 1 aromatic carbocycles. The minimum absolute atomic E-state index is 0.0926. The maximum atomic E-state index is 13.8. The molecule has 19 heavy (non-hydrogen) atoms. The van der Waals surface area contributed by atoms with Gasteiger partial charge in [-0.1, -0.05) is 19.1 Å². The Bertz CT molecular complexity index is 547. The second-order valence-electron chi connectivity index (χ2n) is 4.86. The van der Waals surface area contributed by atoms with Gasteiger partial charge in [0.15, 0.2) is 0 Å². The van der Waals surface area contributed by atoms with Gasteiger partial charge in [0.05, 0.1) is 6.04 Å². The van der Waals surface area contributed by atoms with Crippen molar-refractivity contribution in [2.45, 2.75) is 33.2 Å². The molecular formula is C16H20FNS. The highest BCUT2D eigenvalue weighted by atomic mass is 32.1. The van der Waals surface area contributed by atoms with Gasteiger partial charge in [-0.25, -0.2) is 4.39 Å². The third kappa shape index (κ3) is 3.23. The smallest absolute Gasteiger partial charge is 0.126 e. The van der Waals surface area contributed by atoms with Crippen LogP contribution in [-0.4, -0.2) is 6.54 Å². The molecule has 2 rings (SSSR count). The average Bonchev–Trinajstić information content (AvgIpc) is 2.80. The lowest BCUT2D eigenvalue weighted by Gasteiger charge is -2.19. The van der Waals surface area contributed by atoms with Crippen LogP contribution in [0.25, 0.3) is 0 Å². The summed E-state index contributed by atoms with van der Waals surface area (Å²) in [5, 5.41) is 5.61. The van der Waals surface area contributed by atoms with Crippen molar-refractivity contribution < 1.29 is 4.39 Å². The second kappa shape index (κ2) is 6.31. The quantitative estimate of drug-likeness (QED) is 0.842. The summed E-state index contributed by atoms with van der Waals surface area (Å²) < 4.78 is 13.8. The maximum Gasteiger partial charge on any atom is 0.126 e. The van der Waals surface area contributed by atoms with E-state index in [0.29, 0.717) is 5.56 Å². The molecule has 0 bridgehead atoms. The number of hydrogen-bond acceptors (Lipinski definition) is 2. The summed E-state index contributed by atoms with van der Waals surface area (Å²) in [5.74, 6) is -0.130. The lowest BCUT2D eigenvalue weighted by molar-refractivity contribution is 0.586. The molecule has 0 aliphatic heterocycles. The summed E-state index contributed by atoms with van der Waals surface area (Å²) in [6, 6.07) is 7.74. The van der Waals surface area contributed by atoms with E-state index in [0.717, 1.165) is 18.5 Å². The highest BCUT2D eigenvalue weighted by Crippen LogP contribution is 2.30. The van der Waals surface area contributed by atoms with Crippen LogP contribution >= 0.6 is 11.3 Å². The van der Waals surface area contributed by atoms with E-state index in [1.807, 2.05) is 12.1 Å². The molecule has 1 unspecified atom stereocenters. The Morgan fingerprint density at radius 1 is 1.21 bits per heavy atom. The van der Waals surface area contributed by atoms with Crippen LogP contribution in [0.5, 0.6) is 0 Å². The van der Waals surface area contributed by atoms with Crippen molar-refractivity contribution in [2.75, 3.05) is 6.54 Å². The molecule has 0 radical (unpaired) electrons. The normalized spacial score (nSPS) is 12.6. The van der Waals surface area contributed by atoms with Crippen molar-refractivity contribution in [3.8, 4) is 0 Å². The molecule has 1 aromatic heterocycles. The van der Waals surface area contributed by atoms with E-state index in [2.05, 4.69) is 30.6 Å². The van der Waals surface area contributed by atoms with E-state index in [9.17, 15) is 4.39 Å². The summed E-state index contributed by atoms with van der Waals surface area (Å²) in [7, 11) is 0. The molecule has 0 spiro atoms. The zero-order chi connectivity index (χ0) is 13.8. The van der Waals surface area contributed by atoms with E-state index in [-0.39, 0.29) is 11.9 Å². The summed E-state index contributed by atoms with van der Waals surface area (Å²) in [6.07, 6.45) is 1.06. The molecule has 1 N–H and O–H groups in total. The first-order valence-corrected chi connectivity index (χ1v) is 7.55. The Labute approximate surface area is 118 Å². The van der Waals surface area contributed by atoms with Gasteiger partial charge in [0, 0.05) is 4.88 Å². The molecule has 3 heteroatoms. The Morgan fingerprint density at radius 3 is 2.58 bits per heavy atom. The van der Waals surface area contributed by atoms with E-state index in [1.54, 1.807) is 24.3 Å². The van der Waals surface area contributed by atoms with Crippen LogP contribution in [0, 0.1) is 19.7 Å². The highest BCUT2D eigenvalue weighted by molar-refractivity contribution is 7.10. The molecule has 0 saturated carbocycles. The Balaban J connectivity index is 2.37. The third-order valence-electron chi connectivity index (χ3n) is 3.29. The zero-order valence-corrected chi connectivity index (χ0v) is 12.5. The lowest BCUT2D eigenvalue weighted by atomic mass is 10.0. The molecule has 102 valence electrons. The van der Waals surface area contributed by atoms with Crippen LogP contribution in [0.1, 0.15) is 41.0 Å². The van der Waals surface area contributed by atoms with Gasteiger partial charge >= 0.3 is 0 Å². The van der Waals surface area contributed by atoms with Gasteiger partial charge in [-0.2, -0.15) is 0 Å². The Kier molecular flexibility index (Phi) is 4.72. The minimum atomic E-state index is -0.130. The highest BCUT2D eigenvalue weighted by Gasteiger charge is 2.17. The van der Waals surface area contributed by atoms with Gasteiger partial charge in [-0.3, -0.25) is 0 Å². The number of benzene rings is 1. The SMILES string of the molecule is CCCNC(c1ccc(C)c(F)c1)c1sccc1C. The predicted octanol–water partition coefficient (Wildman–Crippen LogP) is 4.59. The van der Waals surface area contributed by atoms with Crippen molar-refractivity contribution in [3.05, 3.63) is 57.0 Å². The number of rotatable bonds is 5. The van der Waals surface area contributed by atoms with E-state index in [4.69, 9.17) is 0 Å². The molecular weight excluding hydrogens is 257 g/mol. The van der Waals surface area contributed by atoms with Crippen LogP contribution in [0.4, 0.5) is 4.39 Å². The Morgan fingerprint density at radius 2 is 2.00 bits per heavy atom. The number of thiophene rings is 1. The van der Waals surface area contributed by atoms with E-state index >= 15 is 0 Å². The standard InChI is InChI=1S/C16H20FNS/c1-4-8-18-15(16-12(3)7-9-19-16)13-6-5-11(2)14(17)10-13/h5-7,9-10,15,18H,4,8H2,1-3H3. The van der Waals surface area contributed by atoms with Gasteiger partial charge in [0.25, 0.3) is 0 Å². The number of nitrogens with one attached hydrogen (secondary N) is 1. The summed E-state index contributed by atoms with van der Waals surface area (Å²) in [4.78, 5) is 1.27. The van der Waals surface area contributed by atoms with Gasteiger partial charge in [0.1, 0.15) is 5.82 Å². The molecule has 1 nitrogen and oxygen atoms in total. The number of hydrogen-bond donors (Lipinski definition) is 1. The van der Waals surface area contributed by atoms with Crippen molar-refractivity contribution in [3.63, 3.8) is 0 Å². The molecule has 1 heterocycles. The third-order valence-corrected chi connectivity index (χ3v) is 4.38. The van der Waals surface area contributed by atoms with Crippen molar-refractivity contribution >= 4 is 11.3 Å². The molecule has 0 fully saturated rings. The summed E-state index contributed by atoms with van der Waals surface area (Å²) in [6.45, 7) is 6.97. The van der Waals surface area contributed by atoms with E-state index in [1.165, 1.54) is 10.4 Å². The number of halogens is 1. The fraction of sp³-hybridized carbons (Fsp3) is 0.375.